The average Bonchev–Trinajstić information content (AvgIpc) is 2.54. The van der Waals surface area contributed by atoms with E-state index in [0.717, 1.165) is 18.5 Å². The van der Waals surface area contributed by atoms with Gasteiger partial charge in [-0.2, -0.15) is 0 Å². The number of halogens is 2. The Hall–Kier alpha value is -1.71. The largest absolute Gasteiger partial charge is 0.490 e. The maximum Gasteiger partial charge on any atom is 0.255 e. The molecule has 0 aliphatic rings. The van der Waals surface area contributed by atoms with Crippen LogP contribution in [0, 0.1) is 0 Å². The summed E-state index contributed by atoms with van der Waals surface area (Å²) in [5, 5.41) is 3.49. The van der Waals surface area contributed by atoms with Gasteiger partial charge in [0.15, 0.2) is 5.75 Å². The van der Waals surface area contributed by atoms with Crippen LogP contribution in [-0.2, 0) is 6.42 Å². The van der Waals surface area contributed by atoms with Gasteiger partial charge in [-0.3, -0.25) is 4.79 Å². The Kier molecular flexibility index (Phi) is 6.31. The number of amides is 1. The molecule has 0 radical (unpaired) electrons. The molecule has 122 valence electrons. The standard InChI is InChI=1S/C18H19Cl2NO2/c1-3-9-23-17-15(19)10-13(11-16(17)20)18(22)21-14-7-5-12(4-2)6-8-14/h5-8,10-11H,3-4,9H2,1-2H3,(H,21,22). The molecule has 1 amide bonds. The summed E-state index contributed by atoms with van der Waals surface area (Å²) in [5.41, 5.74) is 2.33. The summed E-state index contributed by atoms with van der Waals surface area (Å²) in [6, 6.07) is 10.8. The molecule has 0 heterocycles. The quantitative estimate of drug-likeness (QED) is 0.735. The Balaban J connectivity index is 2.15. The highest BCUT2D eigenvalue weighted by molar-refractivity contribution is 6.37. The van der Waals surface area contributed by atoms with Gasteiger partial charge in [0.05, 0.1) is 16.7 Å². The lowest BCUT2D eigenvalue weighted by Crippen LogP contribution is -2.12. The molecule has 2 rings (SSSR count). The van der Waals surface area contributed by atoms with Gasteiger partial charge < -0.3 is 10.1 Å². The normalized spacial score (nSPS) is 10.4. The predicted molar refractivity (Wildman–Crippen MR) is 96.0 cm³/mol. The maximum atomic E-state index is 12.3. The number of ether oxygens (including phenoxy) is 1. The van der Waals surface area contributed by atoms with Crippen molar-refractivity contribution in [1.82, 2.24) is 0 Å². The molecule has 0 fully saturated rings. The lowest BCUT2D eigenvalue weighted by atomic mass is 10.1. The van der Waals surface area contributed by atoms with Crippen LogP contribution in [0.2, 0.25) is 10.0 Å². The summed E-state index contributed by atoms with van der Waals surface area (Å²) in [7, 11) is 0. The third kappa shape index (κ3) is 4.63. The van der Waals surface area contributed by atoms with E-state index in [-0.39, 0.29) is 5.91 Å². The van der Waals surface area contributed by atoms with Gasteiger partial charge in [0.1, 0.15) is 0 Å². The summed E-state index contributed by atoms with van der Waals surface area (Å²) in [5.74, 6) is 0.152. The molecule has 1 N–H and O–H groups in total. The highest BCUT2D eigenvalue weighted by Gasteiger charge is 2.14. The first kappa shape index (κ1) is 17.6. The fourth-order valence-electron chi connectivity index (χ4n) is 2.06. The van der Waals surface area contributed by atoms with Gasteiger partial charge in [-0.25, -0.2) is 0 Å². The molecule has 0 aromatic heterocycles. The van der Waals surface area contributed by atoms with Gasteiger partial charge in [-0.1, -0.05) is 49.2 Å². The molecule has 0 saturated heterocycles. The van der Waals surface area contributed by atoms with Crippen LogP contribution in [0.1, 0.15) is 36.2 Å². The molecule has 0 aliphatic heterocycles. The molecule has 0 atom stereocenters. The fourth-order valence-corrected chi connectivity index (χ4v) is 2.66. The molecule has 3 nitrogen and oxygen atoms in total. The van der Waals surface area contributed by atoms with Crippen LogP contribution < -0.4 is 10.1 Å². The summed E-state index contributed by atoms with van der Waals surface area (Å²) in [6.07, 6.45) is 1.81. The zero-order chi connectivity index (χ0) is 16.8. The Morgan fingerprint density at radius 1 is 1.09 bits per heavy atom. The van der Waals surface area contributed by atoms with Crippen LogP contribution in [0.15, 0.2) is 36.4 Å². The summed E-state index contributed by atoms with van der Waals surface area (Å²) >= 11 is 12.3. The number of anilines is 1. The molecule has 2 aromatic rings. The van der Waals surface area contributed by atoms with E-state index >= 15 is 0 Å². The van der Waals surface area contributed by atoms with Crippen LogP contribution in [0.5, 0.6) is 5.75 Å². The van der Waals surface area contributed by atoms with Crippen molar-refractivity contribution in [1.29, 1.82) is 0 Å². The molecule has 0 bridgehead atoms. The van der Waals surface area contributed by atoms with Crippen molar-refractivity contribution < 1.29 is 9.53 Å². The minimum Gasteiger partial charge on any atom is -0.490 e. The Labute approximate surface area is 146 Å². The highest BCUT2D eigenvalue weighted by atomic mass is 35.5. The van der Waals surface area contributed by atoms with Crippen LogP contribution in [0.25, 0.3) is 0 Å². The zero-order valence-corrected chi connectivity index (χ0v) is 14.7. The van der Waals surface area contributed by atoms with E-state index in [0.29, 0.717) is 28.0 Å². The first-order valence-electron chi connectivity index (χ1n) is 7.57. The van der Waals surface area contributed by atoms with Crippen LogP contribution in [0.3, 0.4) is 0 Å². The highest BCUT2D eigenvalue weighted by Crippen LogP contribution is 2.34. The molecular formula is C18H19Cl2NO2. The number of carbonyl (C=O) groups is 1. The first-order chi connectivity index (χ1) is 11.0. The number of aryl methyl sites for hydroxylation is 1. The SMILES string of the molecule is CCCOc1c(Cl)cc(C(=O)Nc2ccc(CC)cc2)cc1Cl. The van der Waals surface area contributed by atoms with Crippen LogP contribution in [0.4, 0.5) is 5.69 Å². The molecule has 5 heteroatoms. The van der Waals surface area contributed by atoms with E-state index in [1.54, 1.807) is 12.1 Å². The van der Waals surface area contributed by atoms with Crippen molar-refractivity contribution in [3.63, 3.8) is 0 Å². The Bertz CT molecular complexity index is 661. The number of benzene rings is 2. The van der Waals surface area contributed by atoms with E-state index in [9.17, 15) is 4.79 Å². The Morgan fingerprint density at radius 3 is 2.22 bits per heavy atom. The smallest absolute Gasteiger partial charge is 0.255 e. The molecule has 0 aliphatic carbocycles. The number of hydrogen-bond acceptors (Lipinski definition) is 2. The van der Waals surface area contributed by atoms with Crippen molar-refractivity contribution in [2.24, 2.45) is 0 Å². The second kappa shape index (κ2) is 8.23. The topological polar surface area (TPSA) is 38.3 Å². The number of hydrogen-bond donors (Lipinski definition) is 1. The molecule has 0 spiro atoms. The number of nitrogens with one attached hydrogen (secondary N) is 1. The lowest BCUT2D eigenvalue weighted by molar-refractivity contribution is 0.102. The van der Waals surface area contributed by atoms with Crippen molar-refractivity contribution >= 4 is 34.8 Å². The predicted octanol–water partition coefficient (Wildman–Crippen LogP) is 5.60. The van der Waals surface area contributed by atoms with Gasteiger partial charge in [-0.05, 0) is 42.7 Å². The van der Waals surface area contributed by atoms with E-state index in [1.807, 2.05) is 31.2 Å². The van der Waals surface area contributed by atoms with Gasteiger partial charge in [0, 0.05) is 11.3 Å². The van der Waals surface area contributed by atoms with E-state index < -0.39 is 0 Å². The van der Waals surface area contributed by atoms with E-state index in [2.05, 4.69) is 12.2 Å². The van der Waals surface area contributed by atoms with Crippen LogP contribution >= 0.6 is 23.2 Å². The van der Waals surface area contributed by atoms with Gasteiger partial charge in [0.25, 0.3) is 5.91 Å². The zero-order valence-electron chi connectivity index (χ0n) is 13.2. The first-order valence-corrected chi connectivity index (χ1v) is 8.32. The maximum absolute atomic E-state index is 12.3. The average molecular weight is 352 g/mol. The molecule has 2 aromatic carbocycles. The second-order valence-corrected chi connectivity index (χ2v) is 5.94. The minimum atomic E-state index is -0.264. The lowest BCUT2D eigenvalue weighted by Gasteiger charge is -2.11. The summed E-state index contributed by atoms with van der Waals surface area (Å²) in [6.45, 7) is 4.60. The summed E-state index contributed by atoms with van der Waals surface area (Å²) in [4.78, 5) is 12.3. The summed E-state index contributed by atoms with van der Waals surface area (Å²) < 4.78 is 5.50. The van der Waals surface area contributed by atoms with Crippen LogP contribution in [-0.4, -0.2) is 12.5 Å². The molecular weight excluding hydrogens is 333 g/mol. The van der Waals surface area contributed by atoms with Crippen molar-refractivity contribution in [3.8, 4) is 5.75 Å². The van der Waals surface area contributed by atoms with Gasteiger partial charge in [0.2, 0.25) is 0 Å². The number of rotatable bonds is 6. The van der Waals surface area contributed by atoms with Crippen molar-refractivity contribution in [2.45, 2.75) is 26.7 Å². The third-order valence-electron chi connectivity index (χ3n) is 3.33. The monoisotopic (exact) mass is 351 g/mol. The molecule has 0 saturated carbocycles. The van der Waals surface area contributed by atoms with Crippen molar-refractivity contribution in [3.05, 3.63) is 57.6 Å². The van der Waals surface area contributed by atoms with E-state index in [1.165, 1.54) is 5.56 Å². The van der Waals surface area contributed by atoms with Gasteiger partial charge >= 0.3 is 0 Å². The molecule has 23 heavy (non-hydrogen) atoms. The second-order valence-electron chi connectivity index (χ2n) is 5.12. The third-order valence-corrected chi connectivity index (χ3v) is 3.89. The Morgan fingerprint density at radius 2 is 1.70 bits per heavy atom. The minimum absolute atomic E-state index is 0.264. The van der Waals surface area contributed by atoms with Crippen molar-refractivity contribution in [2.75, 3.05) is 11.9 Å². The molecule has 0 unspecified atom stereocenters. The van der Waals surface area contributed by atoms with E-state index in [4.69, 9.17) is 27.9 Å². The number of carbonyl (C=O) groups excluding carboxylic acids is 1. The fraction of sp³-hybridized carbons (Fsp3) is 0.278. The van der Waals surface area contributed by atoms with Gasteiger partial charge in [-0.15, -0.1) is 0 Å².